The van der Waals surface area contributed by atoms with Gasteiger partial charge in [-0.05, 0) is 57.4 Å². The molecule has 0 aliphatic carbocycles. The second-order valence-electron chi connectivity index (χ2n) is 6.12. The molecular weight excluding hydrogens is 486 g/mol. The van der Waals surface area contributed by atoms with Crippen LogP contribution in [0.15, 0.2) is 88.3 Å². The number of hydrogen-bond acceptors (Lipinski definition) is 4. The molecule has 0 amide bonds. The van der Waals surface area contributed by atoms with Gasteiger partial charge < -0.3 is 13.7 Å². The Morgan fingerprint density at radius 1 is 0.929 bits per heavy atom. The van der Waals surface area contributed by atoms with E-state index in [2.05, 4.69) is 22.0 Å². The molecule has 4 aromatic rings. The number of fused-ring (bicyclic) bond motifs is 1. The normalized spacial score (nSPS) is 11.2. The zero-order chi connectivity index (χ0) is 19.3. The number of rotatable bonds is 6. The van der Waals surface area contributed by atoms with E-state index in [1.54, 1.807) is 18.2 Å². The molecule has 140 valence electrons. The van der Waals surface area contributed by atoms with E-state index in [0.717, 1.165) is 11.1 Å². The van der Waals surface area contributed by atoms with E-state index in [0.29, 0.717) is 41.1 Å². The minimum atomic E-state index is -0.0788. The fraction of sp³-hybridized carbons (Fsp3) is 0.0455. The summed E-state index contributed by atoms with van der Waals surface area (Å²) < 4.78 is 17.1. The zero-order valence-electron chi connectivity index (χ0n) is 14.7. The average molecular weight is 502 g/mol. The Bertz CT molecular complexity index is 1160. The fourth-order valence-corrected chi connectivity index (χ4v) is 3.89. The zero-order valence-corrected chi connectivity index (χ0v) is 17.9. The van der Waals surface area contributed by atoms with Gasteiger partial charge in [0.1, 0.15) is 36.4 Å². The van der Waals surface area contributed by atoms with E-state index in [-0.39, 0.29) is 5.43 Å². The van der Waals surface area contributed by atoms with Gasteiger partial charge in [-0.15, -0.1) is 0 Å². The molecule has 4 nitrogen and oxygen atoms in total. The van der Waals surface area contributed by atoms with Crippen LogP contribution in [0.4, 0.5) is 0 Å². The van der Waals surface area contributed by atoms with Gasteiger partial charge in [-0.3, -0.25) is 4.79 Å². The molecule has 0 saturated heterocycles. The molecule has 1 unspecified atom stereocenters. The molecule has 0 aliphatic rings. The first-order chi connectivity index (χ1) is 13.7. The summed E-state index contributed by atoms with van der Waals surface area (Å²) in [5.74, 6) is 1.39. The van der Waals surface area contributed by atoms with Crippen LogP contribution in [0, 0.1) is 0 Å². The first kappa shape index (κ1) is 19.0. The Balaban J connectivity index is 1.63. The molecule has 1 aromatic heterocycles. The van der Waals surface area contributed by atoms with Gasteiger partial charge in [0.05, 0.1) is 10.9 Å². The van der Waals surface area contributed by atoms with Crippen LogP contribution in [0.5, 0.6) is 11.5 Å². The summed E-state index contributed by atoms with van der Waals surface area (Å²) in [7, 11) is 0. The molecule has 0 bridgehead atoms. The Kier molecular flexibility index (Phi) is 5.93. The molecule has 6 heteroatoms. The predicted octanol–water partition coefficient (Wildman–Crippen LogP) is 6.36. The number of hydrogen-bond donors (Lipinski definition) is 0. The van der Waals surface area contributed by atoms with Gasteiger partial charge in [0.15, 0.2) is 5.43 Å². The summed E-state index contributed by atoms with van der Waals surface area (Å²) in [5.41, 5.74) is 2.78. The van der Waals surface area contributed by atoms with Crippen LogP contribution in [0.3, 0.4) is 0 Å². The highest BCUT2D eigenvalue weighted by Gasteiger charge is 2.11. The summed E-state index contributed by atoms with van der Waals surface area (Å²) in [4.78, 5) is 12.9. The van der Waals surface area contributed by atoms with E-state index < -0.39 is 0 Å². The second kappa shape index (κ2) is 8.76. The minimum absolute atomic E-state index is 0.0788. The largest absolute Gasteiger partial charge is 0.489 e. The van der Waals surface area contributed by atoms with Crippen molar-refractivity contribution in [3.05, 3.63) is 94.8 Å². The molecule has 0 saturated carbocycles. The van der Waals surface area contributed by atoms with Gasteiger partial charge in [-0.1, -0.05) is 42.5 Å². The van der Waals surface area contributed by atoms with Crippen molar-refractivity contribution < 1.29 is 13.7 Å². The van der Waals surface area contributed by atoms with Crippen molar-refractivity contribution >= 4 is 39.5 Å². The monoisotopic (exact) mass is 502 g/mol. The Morgan fingerprint density at radius 3 is 2.61 bits per heavy atom. The van der Waals surface area contributed by atoms with E-state index in [9.17, 15) is 4.79 Å². The molecule has 0 radical (unpaired) electrons. The van der Waals surface area contributed by atoms with Crippen LogP contribution < -0.4 is 14.7 Å². The van der Waals surface area contributed by atoms with E-state index in [1.807, 2.05) is 54.6 Å². The topological polar surface area (TPSA) is 48.7 Å². The molecule has 0 aliphatic heterocycles. The molecule has 1 atom stereocenters. The SMILES string of the molecule is O=c1c(-c2cccc(OCc3ccccc3)c2)coc2cc(OPI)ccc12. The van der Waals surface area contributed by atoms with Crippen molar-refractivity contribution in [3.63, 3.8) is 0 Å². The van der Waals surface area contributed by atoms with Gasteiger partial charge in [0.25, 0.3) is 0 Å². The third-order valence-electron chi connectivity index (χ3n) is 4.30. The Hall–Kier alpha value is -2.37. The molecule has 3 aromatic carbocycles. The lowest BCUT2D eigenvalue weighted by atomic mass is 10.1. The summed E-state index contributed by atoms with van der Waals surface area (Å²) in [6.45, 7) is 0.772. The average Bonchev–Trinajstić information content (AvgIpc) is 2.74. The van der Waals surface area contributed by atoms with Crippen LogP contribution >= 0.6 is 28.5 Å². The Morgan fingerprint density at radius 2 is 1.79 bits per heavy atom. The Labute approximate surface area is 176 Å². The number of halogens is 1. The third kappa shape index (κ3) is 4.21. The van der Waals surface area contributed by atoms with Crippen molar-refractivity contribution in [1.82, 2.24) is 0 Å². The summed E-state index contributed by atoms with van der Waals surface area (Å²) >= 11 is 2.15. The highest BCUT2D eigenvalue weighted by atomic mass is 127. The van der Waals surface area contributed by atoms with E-state index >= 15 is 0 Å². The smallest absolute Gasteiger partial charge is 0.200 e. The lowest BCUT2D eigenvalue weighted by molar-refractivity contribution is 0.306. The molecule has 0 spiro atoms. The van der Waals surface area contributed by atoms with Gasteiger partial charge in [-0.25, -0.2) is 0 Å². The van der Waals surface area contributed by atoms with Gasteiger partial charge in [-0.2, -0.15) is 0 Å². The molecule has 0 fully saturated rings. The third-order valence-corrected chi connectivity index (χ3v) is 5.27. The van der Waals surface area contributed by atoms with E-state index in [1.165, 1.54) is 6.26 Å². The first-order valence-electron chi connectivity index (χ1n) is 8.60. The minimum Gasteiger partial charge on any atom is -0.489 e. The maximum atomic E-state index is 12.9. The highest BCUT2D eigenvalue weighted by molar-refractivity contribution is 14.2. The molecular formula is C22H16IO4P. The van der Waals surface area contributed by atoms with Gasteiger partial charge in [0, 0.05) is 6.07 Å². The van der Waals surface area contributed by atoms with Crippen LogP contribution in [-0.4, -0.2) is 0 Å². The fourth-order valence-electron chi connectivity index (χ4n) is 2.91. The summed E-state index contributed by atoms with van der Waals surface area (Å²) in [6.07, 6.45) is 1.50. The molecule has 4 rings (SSSR count). The first-order valence-corrected chi connectivity index (χ1v) is 12.6. The van der Waals surface area contributed by atoms with Crippen molar-refractivity contribution in [2.24, 2.45) is 0 Å². The molecule has 28 heavy (non-hydrogen) atoms. The standard InChI is InChI=1S/C22H16IO4P/c23-28-27-18-9-10-19-21(12-18)26-14-20(22(19)24)16-7-4-8-17(11-16)25-13-15-5-2-1-3-6-15/h1-12,14,28H,13H2. The van der Waals surface area contributed by atoms with Crippen LogP contribution in [0.2, 0.25) is 0 Å². The van der Waals surface area contributed by atoms with Crippen LogP contribution in [0.25, 0.3) is 22.1 Å². The van der Waals surface area contributed by atoms with Crippen molar-refractivity contribution in [2.75, 3.05) is 0 Å². The summed E-state index contributed by atoms with van der Waals surface area (Å²) in [6, 6.07) is 22.7. The quantitative estimate of drug-likeness (QED) is 0.228. The lowest BCUT2D eigenvalue weighted by Gasteiger charge is -2.09. The van der Waals surface area contributed by atoms with Crippen molar-refractivity contribution in [3.8, 4) is 22.6 Å². The molecule has 1 heterocycles. The second-order valence-corrected chi connectivity index (χ2v) is 7.80. The highest BCUT2D eigenvalue weighted by Crippen LogP contribution is 2.30. The maximum Gasteiger partial charge on any atom is 0.200 e. The predicted molar refractivity (Wildman–Crippen MR) is 122 cm³/mol. The van der Waals surface area contributed by atoms with E-state index in [4.69, 9.17) is 13.7 Å². The maximum absolute atomic E-state index is 12.9. The number of ether oxygens (including phenoxy) is 1. The van der Waals surface area contributed by atoms with Gasteiger partial charge in [0.2, 0.25) is 0 Å². The summed E-state index contributed by atoms with van der Waals surface area (Å²) in [5, 5.41) is 0.525. The number of benzene rings is 3. The van der Waals surface area contributed by atoms with Crippen LogP contribution in [-0.2, 0) is 6.61 Å². The van der Waals surface area contributed by atoms with Crippen LogP contribution in [0.1, 0.15) is 5.56 Å². The van der Waals surface area contributed by atoms with Crippen molar-refractivity contribution in [1.29, 1.82) is 0 Å². The van der Waals surface area contributed by atoms with Crippen molar-refractivity contribution in [2.45, 2.75) is 6.61 Å². The molecule has 0 N–H and O–H groups in total. The van der Waals surface area contributed by atoms with Gasteiger partial charge >= 0.3 is 0 Å². The lowest BCUT2D eigenvalue weighted by Crippen LogP contribution is -2.05.